The van der Waals surface area contributed by atoms with Crippen molar-refractivity contribution in [3.8, 4) is 0 Å². The van der Waals surface area contributed by atoms with Gasteiger partial charge in [0.1, 0.15) is 0 Å². The molecule has 0 aliphatic carbocycles. The SMILES string of the molecule is CNCc1csc(N(C)Cc2cscn2)n1. The first-order valence-electron chi connectivity index (χ1n) is 4.97. The van der Waals surface area contributed by atoms with Crippen LogP contribution in [-0.4, -0.2) is 24.1 Å². The molecule has 2 aromatic heterocycles. The number of nitrogens with zero attached hydrogens (tertiary/aromatic N) is 3. The lowest BCUT2D eigenvalue weighted by molar-refractivity contribution is 0.791. The second-order valence-electron chi connectivity index (χ2n) is 3.49. The van der Waals surface area contributed by atoms with E-state index in [1.165, 1.54) is 0 Å². The minimum Gasteiger partial charge on any atom is -0.345 e. The normalized spacial score (nSPS) is 10.6. The molecule has 0 aromatic carbocycles. The standard InChI is InChI=1S/C10H14N4S2/c1-11-3-8-6-16-10(13-8)14(2)4-9-5-15-7-12-9/h5-7,11H,3-4H2,1-2H3. The maximum atomic E-state index is 4.54. The molecule has 0 atom stereocenters. The fourth-order valence-corrected chi connectivity index (χ4v) is 2.70. The van der Waals surface area contributed by atoms with Crippen LogP contribution >= 0.6 is 22.7 Å². The average Bonchev–Trinajstić information content (AvgIpc) is 2.89. The molecular weight excluding hydrogens is 240 g/mol. The minimum atomic E-state index is 0.815. The summed E-state index contributed by atoms with van der Waals surface area (Å²) in [6.07, 6.45) is 0. The van der Waals surface area contributed by atoms with Gasteiger partial charge >= 0.3 is 0 Å². The van der Waals surface area contributed by atoms with Crippen LogP contribution in [0.5, 0.6) is 0 Å². The van der Waals surface area contributed by atoms with Crippen LogP contribution in [-0.2, 0) is 13.1 Å². The Labute approximate surface area is 103 Å². The molecule has 0 aliphatic heterocycles. The average molecular weight is 254 g/mol. The van der Waals surface area contributed by atoms with Gasteiger partial charge < -0.3 is 10.2 Å². The molecule has 1 N–H and O–H groups in total. The molecule has 6 heteroatoms. The second kappa shape index (κ2) is 5.38. The first kappa shape index (κ1) is 11.5. The molecule has 2 rings (SSSR count). The summed E-state index contributed by atoms with van der Waals surface area (Å²) in [4.78, 5) is 10.9. The van der Waals surface area contributed by atoms with Gasteiger partial charge in [-0.05, 0) is 7.05 Å². The molecule has 0 unspecified atom stereocenters. The summed E-state index contributed by atoms with van der Waals surface area (Å²) in [5.74, 6) is 0. The highest BCUT2D eigenvalue weighted by atomic mass is 32.1. The van der Waals surface area contributed by atoms with Crippen molar-refractivity contribution in [3.05, 3.63) is 27.7 Å². The summed E-state index contributed by atoms with van der Waals surface area (Å²) < 4.78 is 0. The topological polar surface area (TPSA) is 41.0 Å². The first-order valence-corrected chi connectivity index (χ1v) is 6.79. The van der Waals surface area contributed by atoms with E-state index in [1.807, 2.05) is 19.6 Å². The molecule has 0 fully saturated rings. The smallest absolute Gasteiger partial charge is 0.185 e. The van der Waals surface area contributed by atoms with Crippen molar-refractivity contribution >= 4 is 27.8 Å². The Hall–Kier alpha value is -0.980. The van der Waals surface area contributed by atoms with E-state index in [9.17, 15) is 0 Å². The highest BCUT2D eigenvalue weighted by molar-refractivity contribution is 7.13. The van der Waals surface area contributed by atoms with Gasteiger partial charge in [0.15, 0.2) is 5.13 Å². The fraction of sp³-hybridized carbons (Fsp3) is 0.400. The van der Waals surface area contributed by atoms with E-state index < -0.39 is 0 Å². The van der Waals surface area contributed by atoms with E-state index in [4.69, 9.17) is 0 Å². The van der Waals surface area contributed by atoms with Crippen LogP contribution in [0.2, 0.25) is 0 Å². The first-order chi connectivity index (χ1) is 7.79. The van der Waals surface area contributed by atoms with Gasteiger partial charge in [-0.2, -0.15) is 0 Å². The van der Waals surface area contributed by atoms with Gasteiger partial charge in [0.2, 0.25) is 0 Å². The monoisotopic (exact) mass is 254 g/mol. The Bertz CT molecular complexity index is 424. The third-order valence-electron chi connectivity index (χ3n) is 2.11. The lowest BCUT2D eigenvalue weighted by atomic mass is 10.4. The zero-order valence-electron chi connectivity index (χ0n) is 9.30. The van der Waals surface area contributed by atoms with Crippen LogP contribution in [0.3, 0.4) is 0 Å². The van der Waals surface area contributed by atoms with Crippen molar-refractivity contribution < 1.29 is 0 Å². The number of rotatable bonds is 5. The van der Waals surface area contributed by atoms with Crippen LogP contribution in [0.15, 0.2) is 16.3 Å². The van der Waals surface area contributed by atoms with Crippen molar-refractivity contribution in [2.75, 3.05) is 19.0 Å². The predicted octanol–water partition coefficient (Wildman–Crippen LogP) is 1.96. The van der Waals surface area contributed by atoms with Crippen LogP contribution in [0.1, 0.15) is 11.4 Å². The molecule has 4 nitrogen and oxygen atoms in total. The third kappa shape index (κ3) is 2.78. The van der Waals surface area contributed by atoms with Gasteiger partial charge in [0.05, 0.1) is 23.4 Å². The van der Waals surface area contributed by atoms with Gasteiger partial charge in [-0.1, -0.05) is 0 Å². The summed E-state index contributed by atoms with van der Waals surface area (Å²) >= 11 is 3.30. The third-order valence-corrected chi connectivity index (χ3v) is 3.75. The molecular formula is C10H14N4S2. The van der Waals surface area contributed by atoms with Gasteiger partial charge in [-0.25, -0.2) is 9.97 Å². The Morgan fingerprint density at radius 3 is 2.94 bits per heavy atom. The van der Waals surface area contributed by atoms with Gasteiger partial charge in [-0.3, -0.25) is 0 Å². The molecule has 2 aromatic rings. The number of nitrogens with one attached hydrogen (secondary N) is 1. The Balaban J connectivity index is 2.00. The Morgan fingerprint density at radius 2 is 2.25 bits per heavy atom. The Morgan fingerprint density at radius 1 is 1.38 bits per heavy atom. The largest absolute Gasteiger partial charge is 0.345 e. The van der Waals surface area contributed by atoms with Gasteiger partial charge in [-0.15, -0.1) is 22.7 Å². The van der Waals surface area contributed by atoms with E-state index in [2.05, 4.69) is 30.9 Å². The van der Waals surface area contributed by atoms with Crippen molar-refractivity contribution in [1.29, 1.82) is 0 Å². The van der Waals surface area contributed by atoms with Crippen molar-refractivity contribution in [3.63, 3.8) is 0 Å². The maximum absolute atomic E-state index is 4.54. The van der Waals surface area contributed by atoms with E-state index in [0.29, 0.717) is 0 Å². The highest BCUT2D eigenvalue weighted by Crippen LogP contribution is 2.20. The number of anilines is 1. The number of hydrogen-bond donors (Lipinski definition) is 1. The summed E-state index contributed by atoms with van der Waals surface area (Å²) in [5.41, 5.74) is 4.04. The molecule has 0 bridgehead atoms. The summed E-state index contributed by atoms with van der Waals surface area (Å²) in [6.45, 7) is 1.64. The molecule has 16 heavy (non-hydrogen) atoms. The molecule has 86 valence electrons. The molecule has 0 radical (unpaired) electrons. The summed E-state index contributed by atoms with van der Waals surface area (Å²) in [6, 6.07) is 0. The van der Waals surface area contributed by atoms with Crippen molar-refractivity contribution in [2.24, 2.45) is 0 Å². The molecule has 0 saturated carbocycles. The van der Waals surface area contributed by atoms with E-state index in [1.54, 1.807) is 22.7 Å². The fourth-order valence-electron chi connectivity index (χ4n) is 1.36. The summed E-state index contributed by atoms with van der Waals surface area (Å²) in [7, 11) is 3.97. The molecule has 0 spiro atoms. The summed E-state index contributed by atoms with van der Waals surface area (Å²) in [5, 5.41) is 8.29. The lowest BCUT2D eigenvalue weighted by Gasteiger charge is -2.13. The number of hydrogen-bond acceptors (Lipinski definition) is 6. The molecule has 0 aliphatic rings. The van der Waals surface area contributed by atoms with Gasteiger partial charge in [0.25, 0.3) is 0 Å². The van der Waals surface area contributed by atoms with Crippen LogP contribution in [0.4, 0.5) is 5.13 Å². The lowest BCUT2D eigenvalue weighted by Crippen LogP contribution is -2.16. The minimum absolute atomic E-state index is 0.815. The maximum Gasteiger partial charge on any atom is 0.185 e. The molecule has 0 amide bonds. The zero-order valence-corrected chi connectivity index (χ0v) is 10.9. The van der Waals surface area contributed by atoms with Crippen LogP contribution in [0.25, 0.3) is 0 Å². The molecule has 0 saturated heterocycles. The van der Waals surface area contributed by atoms with E-state index in [-0.39, 0.29) is 0 Å². The van der Waals surface area contributed by atoms with E-state index >= 15 is 0 Å². The van der Waals surface area contributed by atoms with Gasteiger partial charge in [0, 0.05) is 24.4 Å². The van der Waals surface area contributed by atoms with Crippen LogP contribution < -0.4 is 10.2 Å². The number of thiazole rings is 2. The quantitative estimate of drug-likeness (QED) is 0.885. The zero-order chi connectivity index (χ0) is 11.4. The predicted molar refractivity (Wildman–Crippen MR) is 69.1 cm³/mol. The Kier molecular flexibility index (Phi) is 3.87. The van der Waals surface area contributed by atoms with Crippen LogP contribution in [0, 0.1) is 0 Å². The second-order valence-corrected chi connectivity index (χ2v) is 5.04. The molecule has 2 heterocycles. The van der Waals surface area contributed by atoms with Crippen molar-refractivity contribution in [2.45, 2.75) is 13.1 Å². The van der Waals surface area contributed by atoms with Crippen molar-refractivity contribution in [1.82, 2.24) is 15.3 Å². The highest BCUT2D eigenvalue weighted by Gasteiger charge is 2.08. The number of aromatic nitrogens is 2. The van der Waals surface area contributed by atoms with E-state index in [0.717, 1.165) is 29.6 Å².